The van der Waals surface area contributed by atoms with Crippen molar-refractivity contribution in [3.8, 4) is 0 Å². The number of carbonyl (C=O) groups is 1. The van der Waals surface area contributed by atoms with Crippen LogP contribution < -0.4 is 5.32 Å². The fraction of sp³-hybridized carbons (Fsp3) is 0.769. The van der Waals surface area contributed by atoms with E-state index in [2.05, 4.69) is 5.32 Å². The van der Waals surface area contributed by atoms with Gasteiger partial charge >= 0.3 is 0 Å². The summed E-state index contributed by atoms with van der Waals surface area (Å²) in [7, 11) is 0. The maximum Gasteiger partial charge on any atom is 0.268 e. The Hall–Kier alpha value is -0.990. The van der Waals surface area contributed by atoms with Gasteiger partial charge in [-0.3, -0.25) is 4.79 Å². The van der Waals surface area contributed by atoms with Gasteiger partial charge in [0.25, 0.3) is 5.91 Å². The quantitative estimate of drug-likeness (QED) is 0.674. The van der Waals surface area contributed by atoms with Gasteiger partial charge in [-0.2, -0.15) is 0 Å². The highest BCUT2D eigenvalue weighted by Crippen LogP contribution is 2.73. The van der Waals surface area contributed by atoms with Gasteiger partial charge in [-0.05, 0) is 50.9 Å². The molecule has 0 aromatic rings. The van der Waals surface area contributed by atoms with E-state index >= 15 is 0 Å². The highest BCUT2D eigenvalue weighted by molar-refractivity contribution is 5.89. The van der Waals surface area contributed by atoms with Crippen molar-refractivity contribution in [1.29, 1.82) is 0 Å². The number of hydrogen-bond acceptors (Lipinski definition) is 2. The molecule has 0 radical (unpaired) electrons. The zero-order chi connectivity index (χ0) is 11.1. The lowest BCUT2D eigenvalue weighted by atomic mass is 9.70. The van der Waals surface area contributed by atoms with E-state index in [0.29, 0.717) is 5.92 Å². The Bertz CT molecular complexity index is 428. The summed E-state index contributed by atoms with van der Waals surface area (Å²) in [6.07, 6.45) is 3.45. The summed E-state index contributed by atoms with van der Waals surface area (Å²) in [6.45, 7) is 3.88. The Balaban J connectivity index is 1.74. The number of ether oxygens (including phenoxy) is 1. The van der Waals surface area contributed by atoms with Gasteiger partial charge in [-0.1, -0.05) is 0 Å². The maximum absolute atomic E-state index is 12.3. The first-order valence-corrected chi connectivity index (χ1v) is 6.31. The first-order valence-electron chi connectivity index (χ1n) is 6.31. The molecule has 5 atom stereocenters. The molecule has 1 aliphatic heterocycles. The molecule has 1 amide bonds. The fourth-order valence-electron chi connectivity index (χ4n) is 4.36. The van der Waals surface area contributed by atoms with E-state index < -0.39 is 5.60 Å². The van der Waals surface area contributed by atoms with Gasteiger partial charge in [0.05, 0.1) is 5.70 Å². The summed E-state index contributed by atoms with van der Waals surface area (Å²) in [5.74, 6) is 4.05. The topological polar surface area (TPSA) is 38.3 Å². The Morgan fingerprint density at radius 3 is 2.94 bits per heavy atom. The molecule has 3 aliphatic carbocycles. The van der Waals surface area contributed by atoms with Crippen LogP contribution in [0, 0.1) is 23.7 Å². The normalized spacial score (nSPS) is 52.8. The highest BCUT2D eigenvalue weighted by atomic mass is 16.5. The molecule has 5 unspecified atom stereocenters. The summed E-state index contributed by atoms with van der Waals surface area (Å²) < 4.78 is 6.06. The van der Waals surface area contributed by atoms with Crippen molar-refractivity contribution in [2.24, 2.45) is 23.7 Å². The van der Waals surface area contributed by atoms with E-state index in [1.54, 1.807) is 0 Å². The molecule has 0 saturated heterocycles. The maximum atomic E-state index is 12.3. The third-order valence-electron chi connectivity index (χ3n) is 5.30. The van der Waals surface area contributed by atoms with Gasteiger partial charge < -0.3 is 10.1 Å². The van der Waals surface area contributed by atoms with E-state index in [1.165, 1.54) is 12.8 Å². The van der Waals surface area contributed by atoms with E-state index in [0.717, 1.165) is 35.6 Å². The molecule has 1 spiro atoms. The molecule has 86 valence electrons. The summed E-state index contributed by atoms with van der Waals surface area (Å²) in [4.78, 5) is 12.3. The van der Waals surface area contributed by atoms with Crippen LogP contribution in [0.1, 0.15) is 33.1 Å². The highest BCUT2D eigenvalue weighted by Gasteiger charge is 2.74. The summed E-state index contributed by atoms with van der Waals surface area (Å²) in [5, 5.41) is 3.00. The van der Waals surface area contributed by atoms with Crippen molar-refractivity contribution < 1.29 is 9.53 Å². The molecule has 3 heteroatoms. The van der Waals surface area contributed by atoms with Crippen LogP contribution in [-0.4, -0.2) is 11.5 Å². The van der Waals surface area contributed by atoms with Crippen LogP contribution >= 0.6 is 0 Å². The largest absolute Gasteiger partial charge is 0.480 e. The number of nitrogens with one attached hydrogen (secondary N) is 1. The smallest absolute Gasteiger partial charge is 0.268 e. The Kier molecular flexibility index (Phi) is 1.40. The SMILES string of the molecule is CC1=C(C)OC2(CCC3C4CC4C32)C(=O)N1. The van der Waals surface area contributed by atoms with Crippen LogP contribution in [0.2, 0.25) is 0 Å². The van der Waals surface area contributed by atoms with Gasteiger partial charge in [0.15, 0.2) is 5.60 Å². The molecule has 1 heterocycles. The van der Waals surface area contributed by atoms with E-state index in [1.807, 2.05) is 13.8 Å². The monoisotopic (exact) mass is 219 g/mol. The van der Waals surface area contributed by atoms with Crippen molar-refractivity contribution in [3.05, 3.63) is 11.5 Å². The second-order valence-electron chi connectivity index (χ2n) is 5.92. The minimum atomic E-state index is -0.494. The molecular weight excluding hydrogens is 202 g/mol. The standard InChI is InChI=1S/C13H17NO2/c1-6-7(2)16-13(12(15)14-6)4-3-8-9-5-10(9)11(8)13/h8-11H,3-5H2,1-2H3,(H,14,15). The molecule has 1 N–H and O–H groups in total. The summed E-state index contributed by atoms with van der Waals surface area (Å²) >= 11 is 0. The van der Waals surface area contributed by atoms with Crippen LogP contribution in [-0.2, 0) is 9.53 Å². The predicted octanol–water partition coefficient (Wildman–Crippen LogP) is 1.80. The van der Waals surface area contributed by atoms with E-state index in [9.17, 15) is 4.79 Å². The summed E-state index contributed by atoms with van der Waals surface area (Å²) in [6, 6.07) is 0. The van der Waals surface area contributed by atoms with Gasteiger partial charge in [0, 0.05) is 5.92 Å². The molecule has 0 aromatic carbocycles. The zero-order valence-corrected chi connectivity index (χ0v) is 9.75. The van der Waals surface area contributed by atoms with Gasteiger partial charge in [-0.15, -0.1) is 0 Å². The van der Waals surface area contributed by atoms with Gasteiger partial charge in [0.1, 0.15) is 5.76 Å². The number of carbonyl (C=O) groups excluding carboxylic acids is 1. The molecule has 4 rings (SSSR count). The molecular formula is C13H17NO2. The van der Waals surface area contributed by atoms with E-state index in [-0.39, 0.29) is 5.91 Å². The minimum Gasteiger partial charge on any atom is -0.480 e. The molecule has 3 nitrogen and oxygen atoms in total. The van der Waals surface area contributed by atoms with Crippen molar-refractivity contribution in [2.45, 2.75) is 38.7 Å². The van der Waals surface area contributed by atoms with Crippen molar-refractivity contribution >= 4 is 5.91 Å². The van der Waals surface area contributed by atoms with Gasteiger partial charge in [-0.25, -0.2) is 0 Å². The lowest BCUT2D eigenvalue weighted by molar-refractivity contribution is -0.155. The lowest BCUT2D eigenvalue weighted by Gasteiger charge is -2.44. The Morgan fingerprint density at radius 1 is 1.31 bits per heavy atom. The molecule has 16 heavy (non-hydrogen) atoms. The van der Waals surface area contributed by atoms with Crippen LogP contribution in [0.5, 0.6) is 0 Å². The molecule has 3 saturated carbocycles. The molecule has 0 aromatic heterocycles. The molecule has 0 bridgehead atoms. The third-order valence-corrected chi connectivity index (χ3v) is 5.30. The first kappa shape index (κ1) is 9.08. The molecule has 4 aliphatic rings. The van der Waals surface area contributed by atoms with E-state index in [4.69, 9.17) is 4.74 Å². The second-order valence-corrected chi connectivity index (χ2v) is 5.92. The van der Waals surface area contributed by atoms with Crippen LogP contribution in [0.15, 0.2) is 11.5 Å². The van der Waals surface area contributed by atoms with Crippen molar-refractivity contribution in [3.63, 3.8) is 0 Å². The third kappa shape index (κ3) is 0.814. The Labute approximate surface area is 95.2 Å². The van der Waals surface area contributed by atoms with Gasteiger partial charge in [0.2, 0.25) is 0 Å². The summed E-state index contributed by atoms with van der Waals surface area (Å²) in [5.41, 5.74) is 0.386. The van der Waals surface area contributed by atoms with Crippen molar-refractivity contribution in [1.82, 2.24) is 5.32 Å². The number of rotatable bonds is 0. The first-order chi connectivity index (χ1) is 7.63. The average Bonchev–Trinajstić information content (AvgIpc) is 2.81. The Morgan fingerprint density at radius 2 is 2.12 bits per heavy atom. The minimum absolute atomic E-state index is 0.119. The zero-order valence-electron chi connectivity index (χ0n) is 9.75. The fourth-order valence-corrected chi connectivity index (χ4v) is 4.36. The average molecular weight is 219 g/mol. The number of allylic oxidation sites excluding steroid dienone is 2. The predicted molar refractivity (Wildman–Crippen MR) is 58.1 cm³/mol. The van der Waals surface area contributed by atoms with Crippen molar-refractivity contribution in [2.75, 3.05) is 0 Å². The van der Waals surface area contributed by atoms with Crippen LogP contribution in [0.25, 0.3) is 0 Å². The number of hydrogen-bond donors (Lipinski definition) is 1. The van der Waals surface area contributed by atoms with Crippen LogP contribution in [0.4, 0.5) is 0 Å². The lowest BCUT2D eigenvalue weighted by Crippen LogP contribution is -2.57. The van der Waals surface area contributed by atoms with Crippen LogP contribution in [0.3, 0.4) is 0 Å². The number of fused-ring (bicyclic) bond motifs is 5. The molecule has 3 fully saturated rings. The number of amides is 1. The second kappa shape index (κ2) is 2.47.